The van der Waals surface area contributed by atoms with Gasteiger partial charge in [0.15, 0.2) is 5.16 Å². The van der Waals surface area contributed by atoms with Crippen LogP contribution in [-0.2, 0) is 20.7 Å². The number of thioether (sulfide) groups is 1. The minimum absolute atomic E-state index is 0.0884. The van der Waals surface area contributed by atoms with Crippen LogP contribution in [0.3, 0.4) is 0 Å². The monoisotopic (exact) mass is 489 g/mol. The second-order valence-electron chi connectivity index (χ2n) is 7.24. The molecular weight excluding hydrogens is 462 g/mol. The number of hydrogen-bond donors (Lipinski definition) is 1. The SMILES string of the molecule is CCc1sc2nc(SCC(=O)NCCCC(=O)OC)n(-c3cccc(OC)c3)c(=O)c2c1C. The third-order valence-electron chi connectivity index (χ3n) is 5.10. The number of ether oxygens (including phenoxy) is 2. The average molecular weight is 490 g/mol. The number of nitrogens with zero attached hydrogens (tertiary/aromatic N) is 2. The van der Waals surface area contributed by atoms with E-state index in [2.05, 4.69) is 17.0 Å². The van der Waals surface area contributed by atoms with Crippen molar-refractivity contribution in [3.05, 3.63) is 45.1 Å². The van der Waals surface area contributed by atoms with Crippen LogP contribution in [0.2, 0.25) is 0 Å². The first-order valence-electron chi connectivity index (χ1n) is 10.5. The highest BCUT2D eigenvalue weighted by atomic mass is 32.2. The molecule has 8 nitrogen and oxygen atoms in total. The molecule has 0 unspecified atom stereocenters. The fourth-order valence-electron chi connectivity index (χ4n) is 3.37. The highest BCUT2D eigenvalue weighted by Gasteiger charge is 2.19. The van der Waals surface area contributed by atoms with Gasteiger partial charge in [-0.2, -0.15) is 0 Å². The molecule has 176 valence electrons. The normalized spacial score (nSPS) is 10.9. The van der Waals surface area contributed by atoms with E-state index in [0.717, 1.165) is 16.9 Å². The van der Waals surface area contributed by atoms with Gasteiger partial charge in [-0.1, -0.05) is 24.8 Å². The minimum Gasteiger partial charge on any atom is -0.497 e. The molecule has 3 aromatic rings. The summed E-state index contributed by atoms with van der Waals surface area (Å²) in [6.45, 7) is 4.37. The summed E-state index contributed by atoms with van der Waals surface area (Å²) < 4.78 is 11.5. The van der Waals surface area contributed by atoms with Gasteiger partial charge in [-0.15, -0.1) is 11.3 Å². The molecule has 0 aliphatic rings. The van der Waals surface area contributed by atoms with Crippen molar-refractivity contribution in [3.8, 4) is 11.4 Å². The molecule has 1 N–H and O–H groups in total. The summed E-state index contributed by atoms with van der Waals surface area (Å²) in [6.07, 6.45) is 1.56. The number of aryl methyl sites for hydroxylation is 2. The van der Waals surface area contributed by atoms with Crippen LogP contribution in [0.1, 0.15) is 30.2 Å². The maximum atomic E-state index is 13.6. The van der Waals surface area contributed by atoms with Crippen molar-refractivity contribution >= 4 is 45.2 Å². The lowest BCUT2D eigenvalue weighted by molar-refractivity contribution is -0.140. The molecule has 2 aromatic heterocycles. The smallest absolute Gasteiger partial charge is 0.305 e. The molecule has 0 atom stereocenters. The van der Waals surface area contributed by atoms with E-state index in [1.54, 1.807) is 23.8 Å². The van der Waals surface area contributed by atoms with Gasteiger partial charge in [0.1, 0.15) is 10.6 Å². The fourth-order valence-corrected chi connectivity index (χ4v) is 5.37. The van der Waals surface area contributed by atoms with Crippen molar-refractivity contribution in [2.24, 2.45) is 0 Å². The highest BCUT2D eigenvalue weighted by Crippen LogP contribution is 2.31. The Bertz CT molecular complexity index is 1220. The molecule has 0 fully saturated rings. The second kappa shape index (κ2) is 11.3. The number of benzene rings is 1. The molecule has 0 saturated carbocycles. The Balaban J connectivity index is 1.90. The Morgan fingerprint density at radius 3 is 2.76 bits per heavy atom. The minimum atomic E-state index is -0.309. The van der Waals surface area contributed by atoms with Crippen LogP contribution in [0.25, 0.3) is 15.9 Å². The Kier molecular flexibility index (Phi) is 8.51. The molecule has 0 saturated heterocycles. The fraction of sp³-hybridized carbons (Fsp3) is 0.391. The van der Waals surface area contributed by atoms with Gasteiger partial charge in [0.2, 0.25) is 5.91 Å². The Labute approximate surface area is 200 Å². The molecule has 0 bridgehead atoms. The number of hydrogen-bond acceptors (Lipinski definition) is 8. The second-order valence-corrected chi connectivity index (χ2v) is 9.26. The van der Waals surface area contributed by atoms with E-state index in [4.69, 9.17) is 9.72 Å². The van der Waals surface area contributed by atoms with Gasteiger partial charge in [-0.25, -0.2) is 4.98 Å². The van der Waals surface area contributed by atoms with Gasteiger partial charge in [-0.05, 0) is 37.5 Å². The maximum Gasteiger partial charge on any atom is 0.305 e. The zero-order valence-corrected chi connectivity index (χ0v) is 20.7. The van der Waals surface area contributed by atoms with Gasteiger partial charge in [0.05, 0.1) is 31.0 Å². The van der Waals surface area contributed by atoms with Crippen molar-refractivity contribution in [1.82, 2.24) is 14.9 Å². The largest absolute Gasteiger partial charge is 0.497 e. The van der Waals surface area contributed by atoms with Crippen LogP contribution in [-0.4, -0.2) is 47.9 Å². The lowest BCUT2D eigenvalue weighted by Crippen LogP contribution is -2.27. The van der Waals surface area contributed by atoms with Crippen LogP contribution in [0.15, 0.2) is 34.2 Å². The first-order chi connectivity index (χ1) is 15.9. The van der Waals surface area contributed by atoms with E-state index in [-0.39, 0.29) is 29.6 Å². The molecule has 33 heavy (non-hydrogen) atoms. The van der Waals surface area contributed by atoms with E-state index in [1.165, 1.54) is 30.2 Å². The molecule has 3 rings (SSSR count). The number of fused-ring (bicyclic) bond motifs is 1. The number of esters is 1. The molecule has 0 aliphatic carbocycles. The zero-order valence-electron chi connectivity index (χ0n) is 19.1. The number of amides is 1. The van der Waals surface area contributed by atoms with Crippen LogP contribution in [0, 0.1) is 6.92 Å². The predicted molar refractivity (Wildman–Crippen MR) is 131 cm³/mol. The van der Waals surface area contributed by atoms with Gasteiger partial charge in [0.25, 0.3) is 5.56 Å². The highest BCUT2D eigenvalue weighted by molar-refractivity contribution is 7.99. The first-order valence-corrected chi connectivity index (χ1v) is 12.4. The molecule has 1 amide bonds. The van der Waals surface area contributed by atoms with Gasteiger partial charge in [0, 0.05) is 23.9 Å². The third kappa shape index (κ3) is 5.75. The average Bonchev–Trinajstić information content (AvgIpc) is 3.15. The number of carbonyl (C=O) groups excluding carboxylic acids is 2. The van der Waals surface area contributed by atoms with E-state index < -0.39 is 0 Å². The summed E-state index contributed by atoms with van der Waals surface area (Å²) >= 11 is 2.71. The van der Waals surface area contributed by atoms with E-state index in [9.17, 15) is 14.4 Å². The Hall–Kier alpha value is -2.85. The van der Waals surface area contributed by atoms with Gasteiger partial charge >= 0.3 is 5.97 Å². The topological polar surface area (TPSA) is 99.5 Å². The summed E-state index contributed by atoms with van der Waals surface area (Å²) in [4.78, 5) is 43.7. The first kappa shape index (κ1) is 24.8. The van der Waals surface area contributed by atoms with Crippen molar-refractivity contribution in [1.29, 1.82) is 0 Å². The molecule has 2 heterocycles. The van der Waals surface area contributed by atoms with Crippen molar-refractivity contribution < 1.29 is 19.1 Å². The molecule has 1 aromatic carbocycles. The maximum absolute atomic E-state index is 13.6. The van der Waals surface area contributed by atoms with Crippen molar-refractivity contribution in [2.75, 3.05) is 26.5 Å². The van der Waals surface area contributed by atoms with E-state index in [1.807, 2.05) is 19.1 Å². The van der Waals surface area contributed by atoms with Crippen molar-refractivity contribution in [2.45, 2.75) is 38.3 Å². The Morgan fingerprint density at radius 2 is 2.06 bits per heavy atom. The van der Waals surface area contributed by atoms with Crippen LogP contribution < -0.4 is 15.6 Å². The standard InChI is InChI=1S/C23H27N3O5S2/c1-5-17-14(2)20-21(33-17)25-23(32-13-18(27)24-11-7-10-19(28)31-4)26(22(20)29)15-8-6-9-16(12-15)30-3/h6,8-9,12H,5,7,10-11,13H2,1-4H3,(H,24,27). The predicted octanol–water partition coefficient (Wildman–Crippen LogP) is 3.49. The van der Waals surface area contributed by atoms with Crippen LogP contribution in [0.5, 0.6) is 5.75 Å². The quantitative estimate of drug-likeness (QED) is 0.201. The summed E-state index contributed by atoms with van der Waals surface area (Å²) in [7, 11) is 2.90. The number of nitrogens with one attached hydrogen (secondary N) is 1. The summed E-state index contributed by atoms with van der Waals surface area (Å²) in [5.74, 6) is 0.199. The molecule has 10 heteroatoms. The van der Waals surface area contributed by atoms with Crippen LogP contribution in [0.4, 0.5) is 0 Å². The van der Waals surface area contributed by atoms with Crippen LogP contribution >= 0.6 is 23.1 Å². The number of rotatable bonds is 10. The van der Waals surface area contributed by atoms with Gasteiger partial charge in [-0.3, -0.25) is 19.0 Å². The zero-order chi connectivity index (χ0) is 24.0. The lowest BCUT2D eigenvalue weighted by Gasteiger charge is -2.13. The molecule has 0 radical (unpaired) electrons. The number of methoxy groups -OCH3 is 2. The summed E-state index contributed by atoms with van der Waals surface area (Å²) in [5.41, 5.74) is 1.41. The van der Waals surface area contributed by atoms with E-state index in [0.29, 0.717) is 39.8 Å². The molecular formula is C23H27N3O5S2. The number of aromatic nitrogens is 2. The Morgan fingerprint density at radius 1 is 1.27 bits per heavy atom. The summed E-state index contributed by atoms with van der Waals surface area (Å²) in [5, 5.41) is 3.83. The van der Waals surface area contributed by atoms with Crippen molar-refractivity contribution in [3.63, 3.8) is 0 Å². The molecule has 0 aliphatic heterocycles. The lowest BCUT2D eigenvalue weighted by atomic mass is 10.2. The molecule has 0 spiro atoms. The number of carbonyl (C=O) groups is 2. The van der Waals surface area contributed by atoms with E-state index >= 15 is 0 Å². The third-order valence-corrected chi connectivity index (χ3v) is 7.37. The summed E-state index contributed by atoms with van der Waals surface area (Å²) in [6, 6.07) is 7.20. The number of thiophene rings is 1. The van der Waals surface area contributed by atoms with Gasteiger partial charge < -0.3 is 14.8 Å².